The summed E-state index contributed by atoms with van der Waals surface area (Å²) in [4.78, 5) is 22.7. The molecule has 0 bridgehead atoms. The highest BCUT2D eigenvalue weighted by Crippen LogP contribution is 2.13. The van der Waals surface area contributed by atoms with Gasteiger partial charge in [-0.25, -0.2) is 4.39 Å². The van der Waals surface area contributed by atoms with Crippen molar-refractivity contribution in [2.75, 3.05) is 17.2 Å². The Hall–Kier alpha value is -2.73. The largest absolute Gasteiger partial charge is 0.326 e. The highest BCUT2D eigenvalue weighted by atomic mass is 19.1. The Morgan fingerprint density at radius 2 is 1.57 bits per heavy atom. The van der Waals surface area contributed by atoms with Gasteiger partial charge in [0.1, 0.15) is 5.82 Å². The first-order valence-electron chi connectivity index (χ1n) is 7.16. The van der Waals surface area contributed by atoms with E-state index in [0.29, 0.717) is 16.9 Å². The molecule has 0 heterocycles. The third kappa shape index (κ3) is 5.52. The van der Waals surface area contributed by atoms with Crippen molar-refractivity contribution in [1.29, 1.82) is 0 Å². The summed E-state index contributed by atoms with van der Waals surface area (Å²) in [5, 5.41) is 8.25. The van der Waals surface area contributed by atoms with Gasteiger partial charge in [-0.15, -0.1) is 0 Å². The predicted molar refractivity (Wildman–Crippen MR) is 87.5 cm³/mol. The number of hydrogen-bond donors (Lipinski definition) is 3. The number of carbonyl (C=O) groups excluding carboxylic acids is 2. The molecule has 0 aliphatic rings. The lowest BCUT2D eigenvalue weighted by atomic mass is 10.2. The first-order valence-corrected chi connectivity index (χ1v) is 7.16. The van der Waals surface area contributed by atoms with Crippen LogP contribution in [0.15, 0.2) is 48.5 Å². The smallest absolute Gasteiger partial charge is 0.238 e. The predicted octanol–water partition coefficient (Wildman–Crippen LogP) is 2.51. The van der Waals surface area contributed by atoms with E-state index < -0.39 is 0 Å². The van der Waals surface area contributed by atoms with Crippen molar-refractivity contribution in [2.45, 2.75) is 13.5 Å². The van der Waals surface area contributed by atoms with E-state index in [1.807, 2.05) is 0 Å². The van der Waals surface area contributed by atoms with Gasteiger partial charge in [0.2, 0.25) is 11.8 Å². The van der Waals surface area contributed by atoms with Gasteiger partial charge in [-0.05, 0) is 30.3 Å². The molecule has 3 N–H and O–H groups in total. The third-order valence-corrected chi connectivity index (χ3v) is 3.05. The van der Waals surface area contributed by atoms with E-state index in [4.69, 9.17) is 0 Å². The normalized spacial score (nSPS) is 10.2. The van der Waals surface area contributed by atoms with E-state index in [0.717, 1.165) is 0 Å². The van der Waals surface area contributed by atoms with Gasteiger partial charge in [-0.2, -0.15) is 0 Å². The van der Waals surface area contributed by atoms with Crippen LogP contribution < -0.4 is 16.0 Å². The van der Waals surface area contributed by atoms with E-state index in [1.165, 1.54) is 13.0 Å². The van der Waals surface area contributed by atoms with Crippen LogP contribution in [0, 0.1) is 5.82 Å². The van der Waals surface area contributed by atoms with Crippen molar-refractivity contribution in [3.8, 4) is 0 Å². The molecule has 0 unspecified atom stereocenters. The summed E-state index contributed by atoms with van der Waals surface area (Å²) in [6, 6.07) is 13.2. The lowest BCUT2D eigenvalue weighted by molar-refractivity contribution is -0.115. The van der Waals surface area contributed by atoms with Gasteiger partial charge < -0.3 is 16.0 Å². The molecule has 0 aliphatic carbocycles. The maximum absolute atomic E-state index is 13.4. The Bertz CT molecular complexity index is 686. The second-order valence-corrected chi connectivity index (χ2v) is 5.00. The molecule has 120 valence electrons. The van der Waals surface area contributed by atoms with E-state index in [-0.39, 0.29) is 30.7 Å². The van der Waals surface area contributed by atoms with Crippen molar-refractivity contribution in [1.82, 2.24) is 5.32 Å². The number of rotatable bonds is 6. The fourth-order valence-electron chi connectivity index (χ4n) is 2.00. The standard InChI is InChI=1S/C17H18FN3O2/c1-12(22)20-14-6-8-15(9-7-14)21-17(23)11-19-10-13-4-2-3-5-16(13)18/h2-9,19H,10-11H2,1H3,(H,20,22)(H,21,23). The fourth-order valence-corrected chi connectivity index (χ4v) is 2.00. The van der Waals surface area contributed by atoms with Gasteiger partial charge in [0.15, 0.2) is 0 Å². The van der Waals surface area contributed by atoms with Gasteiger partial charge in [0.05, 0.1) is 6.54 Å². The highest BCUT2D eigenvalue weighted by Gasteiger charge is 2.04. The van der Waals surface area contributed by atoms with Crippen LogP contribution in [0.3, 0.4) is 0 Å². The van der Waals surface area contributed by atoms with Gasteiger partial charge >= 0.3 is 0 Å². The average Bonchev–Trinajstić information content (AvgIpc) is 2.51. The molecule has 0 aliphatic heterocycles. The zero-order valence-corrected chi connectivity index (χ0v) is 12.7. The molecule has 2 aromatic rings. The number of carbonyl (C=O) groups is 2. The second-order valence-electron chi connectivity index (χ2n) is 5.00. The van der Waals surface area contributed by atoms with Gasteiger partial charge in [0, 0.05) is 30.4 Å². The van der Waals surface area contributed by atoms with Crippen LogP contribution in [-0.4, -0.2) is 18.4 Å². The van der Waals surface area contributed by atoms with Crippen LogP contribution in [0.25, 0.3) is 0 Å². The van der Waals surface area contributed by atoms with Crippen LogP contribution in [-0.2, 0) is 16.1 Å². The zero-order chi connectivity index (χ0) is 16.7. The van der Waals surface area contributed by atoms with Crippen LogP contribution in [0.1, 0.15) is 12.5 Å². The lowest BCUT2D eigenvalue weighted by Crippen LogP contribution is -2.28. The van der Waals surface area contributed by atoms with Gasteiger partial charge in [-0.3, -0.25) is 9.59 Å². The molecular formula is C17H18FN3O2. The minimum Gasteiger partial charge on any atom is -0.326 e. The Labute approximate surface area is 133 Å². The lowest BCUT2D eigenvalue weighted by Gasteiger charge is -2.08. The molecule has 2 rings (SSSR count). The Morgan fingerprint density at radius 3 is 2.17 bits per heavy atom. The summed E-state index contributed by atoms with van der Waals surface area (Å²) in [7, 11) is 0. The molecule has 0 aromatic heterocycles. The highest BCUT2D eigenvalue weighted by molar-refractivity contribution is 5.93. The maximum atomic E-state index is 13.4. The fraction of sp³-hybridized carbons (Fsp3) is 0.176. The monoisotopic (exact) mass is 315 g/mol. The van der Waals surface area contributed by atoms with E-state index in [2.05, 4.69) is 16.0 Å². The summed E-state index contributed by atoms with van der Waals surface area (Å²) in [5.74, 6) is -0.679. The van der Waals surface area contributed by atoms with E-state index in [9.17, 15) is 14.0 Å². The molecule has 0 fully saturated rings. The maximum Gasteiger partial charge on any atom is 0.238 e. The minimum absolute atomic E-state index is 0.0712. The number of nitrogens with one attached hydrogen (secondary N) is 3. The van der Waals surface area contributed by atoms with Gasteiger partial charge in [0.25, 0.3) is 0 Å². The molecule has 0 saturated carbocycles. The Balaban J connectivity index is 1.78. The van der Waals surface area contributed by atoms with Crippen molar-refractivity contribution in [3.05, 3.63) is 59.9 Å². The molecule has 23 heavy (non-hydrogen) atoms. The number of halogens is 1. The number of anilines is 2. The van der Waals surface area contributed by atoms with Crippen LogP contribution in [0.4, 0.5) is 15.8 Å². The first kappa shape index (κ1) is 16.6. The second kappa shape index (κ2) is 8.05. The van der Waals surface area contributed by atoms with Crippen molar-refractivity contribution < 1.29 is 14.0 Å². The Morgan fingerprint density at radius 1 is 0.957 bits per heavy atom. The molecule has 5 nitrogen and oxygen atoms in total. The average molecular weight is 315 g/mol. The quantitative estimate of drug-likeness (QED) is 0.767. The molecule has 0 spiro atoms. The van der Waals surface area contributed by atoms with Crippen molar-refractivity contribution in [2.24, 2.45) is 0 Å². The number of amides is 2. The summed E-state index contributed by atoms with van der Waals surface area (Å²) in [6.07, 6.45) is 0. The number of benzene rings is 2. The zero-order valence-electron chi connectivity index (χ0n) is 12.7. The minimum atomic E-state index is -0.297. The van der Waals surface area contributed by atoms with Crippen molar-refractivity contribution in [3.63, 3.8) is 0 Å². The third-order valence-electron chi connectivity index (χ3n) is 3.05. The number of hydrogen-bond acceptors (Lipinski definition) is 3. The molecule has 6 heteroatoms. The molecule has 2 amide bonds. The molecule has 0 atom stereocenters. The molecule has 0 radical (unpaired) electrons. The molecular weight excluding hydrogens is 297 g/mol. The Kier molecular flexibility index (Phi) is 5.82. The van der Waals surface area contributed by atoms with Crippen LogP contribution in [0.2, 0.25) is 0 Å². The van der Waals surface area contributed by atoms with Gasteiger partial charge in [-0.1, -0.05) is 18.2 Å². The summed E-state index contributed by atoms with van der Waals surface area (Å²) < 4.78 is 13.4. The molecule has 0 saturated heterocycles. The van der Waals surface area contributed by atoms with Crippen LogP contribution >= 0.6 is 0 Å². The first-order chi connectivity index (χ1) is 11.0. The van der Waals surface area contributed by atoms with E-state index >= 15 is 0 Å². The van der Waals surface area contributed by atoms with E-state index in [1.54, 1.807) is 42.5 Å². The summed E-state index contributed by atoms with van der Waals surface area (Å²) in [5.41, 5.74) is 1.80. The van der Waals surface area contributed by atoms with Crippen molar-refractivity contribution >= 4 is 23.2 Å². The topological polar surface area (TPSA) is 70.2 Å². The van der Waals surface area contributed by atoms with Crippen LogP contribution in [0.5, 0.6) is 0 Å². The summed E-state index contributed by atoms with van der Waals surface area (Å²) in [6.45, 7) is 1.78. The summed E-state index contributed by atoms with van der Waals surface area (Å²) >= 11 is 0. The molecule has 2 aromatic carbocycles. The SMILES string of the molecule is CC(=O)Nc1ccc(NC(=O)CNCc2ccccc2F)cc1.